The van der Waals surface area contributed by atoms with Gasteiger partial charge in [-0.05, 0) is 48.6 Å². The molecule has 2 aromatic rings. The van der Waals surface area contributed by atoms with Crippen LogP contribution in [-0.2, 0) is 11.0 Å². The van der Waals surface area contributed by atoms with Crippen molar-refractivity contribution in [2.45, 2.75) is 30.0 Å². The molecule has 1 aliphatic heterocycles. The number of hydrogen-bond acceptors (Lipinski definition) is 5. The van der Waals surface area contributed by atoms with Crippen molar-refractivity contribution in [1.29, 1.82) is 10.5 Å². The first-order chi connectivity index (χ1) is 16.2. The molecule has 2 aliphatic rings. The molecule has 34 heavy (non-hydrogen) atoms. The van der Waals surface area contributed by atoms with E-state index in [-0.39, 0.29) is 36.4 Å². The molecule has 1 aliphatic carbocycles. The number of hydrogen-bond donors (Lipinski definition) is 0. The van der Waals surface area contributed by atoms with Gasteiger partial charge in [-0.1, -0.05) is 12.1 Å². The molecule has 0 radical (unpaired) electrons. The van der Waals surface area contributed by atoms with Crippen molar-refractivity contribution < 1.29 is 22.8 Å². The SMILES string of the molecule is CSc1cc(C#N)ccc1[C@@H]1C2=C(CCC2=O)N(c2cccc(C(F)(F)F)c2)C(=O)N1CC#N. The molecule has 0 aromatic heterocycles. The van der Waals surface area contributed by atoms with E-state index in [2.05, 4.69) is 6.07 Å². The molecule has 0 saturated heterocycles. The van der Waals surface area contributed by atoms with Crippen LogP contribution in [0.1, 0.15) is 35.6 Å². The van der Waals surface area contributed by atoms with E-state index in [0.29, 0.717) is 21.7 Å². The van der Waals surface area contributed by atoms with Gasteiger partial charge in [0.25, 0.3) is 0 Å². The van der Waals surface area contributed by atoms with Gasteiger partial charge in [0.15, 0.2) is 5.78 Å². The lowest BCUT2D eigenvalue weighted by atomic mass is 9.92. The van der Waals surface area contributed by atoms with Crippen LogP contribution < -0.4 is 4.90 Å². The molecule has 4 rings (SSSR count). The minimum Gasteiger partial charge on any atom is -0.299 e. The van der Waals surface area contributed by atoms with Gasteiger partial charge < -0.3 is 0 Å². The highest BCUT2D eigenvalue weighted by Crippen LogP contribution is 2.47. The minimum absolute atomic E-state index is 0.0201. The quantitative estimate of drug-likeness (QED) is 0.429. The Balaban J connectivity index is 1.94. The van der Waals surface area contributed by atoms with Crippen LogP contribution >= 0.6 is 11.8 Å². The maximum absolute atomic E-state index is 13.6. The number of nitrogens with zero attached hydrogens (tertiary/aromatic N) is 4. The first-order valence-electron chi connectivity index (χ1n) is 10.2. The molecular weight excluding hydrogens is 465 g/mol. The largest absolute Gasteiger partial charge is 0.416 e. The Kier molecular flexibility index (Phi) is 6.11. The lowest BCUT2D eigenvalue weighted by Gasteiger charge is -2.41. The van der Waals surface area contributed by atoms with Crippen molar-refractivity contribution in [3.8, 4) is 12.1 Å². The number of amides is 2. The normalized spacial score (nSPS) is 18.1. The molecule has 0 N–H and O–H groups in total. The number of rotatable bonds is 4. The monoisotopic (exact) mass is 482 g/mol. The number of anilines is 1. The zero-order chi connectivity index (χ0) is 24.6. The van der Waals surface area contributed by atoms with Crippen LogP contribution in [0.2, 0.25) is 0 Å². The fraction of sp³-hybridized carbons (Fsp3) is 0.250. The number of nitriles is 2. The molecule has 0 bridgehead atoms. The van der Waals surface area contributed by atoms with Crippen LogP contribution in [0.4, 0.5) is 23.7 Å². The van der Waals surface area contributed by atoms with Gasteiger partial charge in [-0.15, -0.1) is 11.8 Å². The Labute approximate surface area is 197 Å². The lowest BCUT2D eigenvalue weighted by molar-refractivity contribution is -0.137. The van der Waals surface area contributed by atoms with E-state index in [1.807, 2.05) is 6.07 Å². The average Bonchev–Trinajstić information content (AvgIpc) is 3.19. The van der Waals surface area contributed by atoms with Gasteiger partial charge in [0.05, 0.1) is 35.0 Å². The third kappa shape index (κ3) is 3.91. The summed E-state index contributed by atoms with van der Waals surface area (Å²) in [6.45, 7) is -0.378. The highest BCUT2D eigenvalue weighted by atomic mass is 32.2. The molecule has 10 heteroatoms. The van der Waals surface area contributed by atoms with Crippen molar-refractivity contribution in [3.63, 3.8) is 0 Å². The van der Waals surface area contributed by atoms with Gasteiger partial charge in [0.2, 0.25) is 0 Å². The molecule has 1 atom stereocenters. The number of ketones is 1. The van der Waals surface area contributed by atoms with Gasteiger partial charge in [-0.3, -0.25) is 14.6 Å². The van der Waals surface area contributed by atoms with Crippen LogP contribution in [-0.4, -0.2) is 29.5 Å². The second-order valence-corrected chi connectivity index (χ2v) is 8.55. The topological polar surface area (TPSA) is 88.2 Å². The highest BCUT2D eigenvalue weighted by Gasteiger charge is 2.46. The number of carbonyl (C=O) groups excluding carboxylic acids is 2. The fourth-order valence-corrected chi connectivity index (χ4v) is 5.03. The van der Waals surface area contributed by atoms with E-state index in [1.54, 1.807) is 24.5 Å². The summed E-state index contributed by atoms with van der Waals surface area (Å²) in [6, 6.07) is 11.7. The summed E-state index contributed by atoms with van der Waals surface area (Å²) >= 11 is 1.33. The smallest absolute Gasteiger partial charge is 0.299 e. The van der Waals surface area contributed by atoms with Crippen LogP contribution in [0.25, 0.3) is 0 Å². The molecule has 2 aromatic carbocycles. The molecule has 0 unspecified atom stereocenters. The third-order valence-corrected chi connectivity index (χ3v) is 6.62. The number of Topliss-reactive ketones (excluding diaryl/α,β-unsaturated/α-hetero) is 1. The maximum Gasteiger partial charge on any atom is 0.416 e. The highest BCUT2D eigenvalue weighted by molar-refractivity contribution is 7.98. The molecule has 1 heterocycles. The predicted molar refractivity (Wildman–Crippen MR) is 119 cm³/mol. The summed E-state index contributed by atoms with van der Waals surface area (Å²) in [5.41, 5.74) is 0.668. The zero-order valence-electron chi connectivity index (χ0n) is 17.9. The Morgan fingerprint density at radius 2 is 1.88 bits per heavy atom. The Morgan fingerprint density at radius 3 is 2.53 bits per heavy atom. The van der Waals surface area contributed by atoms with Gasteiger partial charge in [0.1, 0.15) is 6.54 Å². The van der Waals surface area contributed by atoms with Crippen LogP contribution in [0, 0.1) is 22.7 Å². The number of allylic oxidation sites excluding steroid dienone is 1. The Morgan fingerprint density at radius 1 is 1.12 bits per heavy atom. The maximum atomic E-state index is 13.6. The number of thioether (sulfide) groups is 1. The first-order valence-corrected chi connectivity index (χ1v) is 11.4. The van der Waals surface area contributed by atoms with Gasteiger partial charge in [-0.25, -0.2) is 4.79 Å². The van der Waals surface area contributed by atoms with E-state index >= 15 is 0 Å². The number of benzene rings is 2. The van der Waals surface area contributed by atoms with Crippen molar-refractivity contribution in [1.82, 2.24) is 4.90 Å². The summed E-state index contributed by atoms with van der Waals surface area (Å²) in [4.78, 5) is 29.7. The van der Waals surface area contributed by atoms with Crippen molar-refractivity contribution in [2.24, 2.45) is 0 Å². The zero-order valence-corrected chi connectivity index (χ0v) is 18.7. The first kappa shape index (κ1) is 23.4. The minimum atomic E-state index is -4.61. The summed E-state index contributed by atoms with van der Waals surface area (Å²) in [5, 5.41) is 18.7. The van der Waals surface area contributed by atoms with Gasteiger partial charge in [-0.2, -0.15) is 23.7 Å². The molecule has 6 nitrogen and oxygen atoms in total. The fourth-order valence-electron chi connectivity index (χ4n) is 4.37. The van der Waals surface area contributed by atoms with Crippen LogP contribution in [0.15, 0.2) is 58.6 Å². The third-order valence-electron chi connectivity index (χ3n) is 5.82. The number of urea groups is 1. The van der Waals surface area contributed by atoms with E-state index in [0.717, 1.165) is 17.0 Å². The molecule has 0 fully saturated rings. The predicted octanol–water partition coefficient (Wildman–Crippen LogP) is 5.42. The standard InChI is InChI=1S/C24H17F3N4O2S/c1-34-20-11-14(13-29)5-6-17(20)22-21-18(7-8-19(21)32)31(23(33)30(22)10-9-28)16-4-2-3-15(12-16)24(25,26)27/h2-6,11-12,22H,7-8,10H2,1H3/t22-/m1/s1. The lowest BCUT2D eigenvalue weighted by Crippen LogP contribution is -2.50. The number of alkyl halides is 3. The summed E-state index contributed by atoms with van der Waals surface area (Å²) in [5.74, 6) is -0.233. The Bertz CT molecular complexity index is 1310. The number of halogens is 3. The van der Waals surface area contributed by atoms with Crippen LogP contribution in [0.5, 0.6) is 0 Å². The van der Waals surface area contributed by atoms with E-state index < -0.39 is 23.8 Å². The summed E-state index contributed by atoms with van der Waals surface area (Å²) in [6.07, 6.45) is -2.52. The van der Waals surface area contributed by atoms with Crippen molar-refractivity contribution >= 4 is 29.3 Å². The van der Waals surface area contributed by atoms with Crippen molar-refractivity contribution in [3.05, 3.63) is 70.4 Å². The van der Waals surface area contributed by atoms with Crippen LogP contribution in [0.3, 0.4) is 0 Å². The second kappa shape index (κ2) is 8.88. The van der Waals surface area contributed by atoms with Crippen molar-refractivity contribution in [2.75, 3.05) is 17.7 Å². The molecule has 2 amide bonds. The van der Waals surface area contributed by atoms with E-state index in [9.17, 15) is 33.3 Å². The van der Waals surface area contributed by atoms with Gasteiger partial charge >= 0.3 is 12.2 Å². The number of carbonyl (C=O) groups is 2. The van der Waals surface area contributed by atoms with E-state index in [4.69, 9.17) is 0 Å². The molecular formula is C24H17F3N4O2S. The Hall–Kier alpha value is -3.76. The van der Waals surface area contributed by atoms with E-state index in [1.165, 1.54) is 28.8 Å². The molecule has 0 spiro atoms. The second-order valence-electron chi connectivity index (χ2n) is 7.71. The molecule has 172 valence electrons. The summed E-state index contributed by atoms with van der Waals surface area (Å²) in [7, 11) is 0. The average molecular weight is 482 g/mol. The summed E-state index contributed by atoms with van der Waals surface area (Å²) < 4.78 is 40.0. The van der Waals surface area contributed by atoms with Gasteiger partial charge in [0, 0.05) is 22.6 Å². The molecule has 0 saturated carbocycles.